The lowest BCUT2D eigenvalue weighted by Crippen LogP contribution is -2.40. The van der Waals surface area contributed by atoms with Crippen LogP contribution in [0.1, 0.15) is 42.6 Å². The molecule has 0 aromatic carbocycles. The molecule has 0 aliphatic heterocycles. The van der Waals surface area contributed by atoms with Crippen molar-refractivity contribution in [1.29, 1.82) is 5.26 Å². The molecule has 1 amide bonds. The van der Waals surface area contributed by atoms with Gasteiger partial charge in [0, 0.05) is 0 Å². The first kappa shape index (κ1) is 13.8. The Balaban J connectivity index is 1.99. The van der Waals surface area contributed by atoms with Gasteiger partial charge in [0.1, 0.15) is 6.04 Å². The highest BCUT2D eigenvalue weighted by molar-refractivity contribution is 6.29. The molecule has 1 heterocycles. The summed E-state index contributed by atoms with van der Waals surface area (Å²) < 4.78 is 0. The van der Waals surface area contributed by atoms with E-state index in [9.17, 15) is 10.1 Å². The molecular weight excluding hydrogens is 264 g/mol. The summed E-state index contributed by atoms with van der Waals surface area (Å²) in [5.74, 6) is -0.135. The molecule has 0 radical (unpaired) electrons. The summed E-state index contributed by atoms with van der Waals surface area (Å²) >= 11 is 5.61. The number of carbonyl (C=O) groups excluding carboxylic acids is 1. The van der Waals surface area contributed by atoms with Crippen molar-refractivity contribution in [2.24, 2.45) is 5.92 Å². The summed E-state index contributed by atoms with van der Waals surface area (Å²) in [7, 11) is 0. The van der Waals surface area contributed by atoms with Crippen LogP contribution in [0.4, 0.5) is 0 Å². The minimum atomic E-state index is -0.453. The Labute approximate surface area is 117 Å². The molecule has 1 aliphatic rings. The van der Waals surface area contributed by atoms with Crippen LogP contribution in [0.25, 0.3) is 0 Å². The van der Waals surface area contributed by atoms with Gasteiger partial charge in [-0.05, 0) is 30.9 Å². The Kier molecular flexibility index (Phi) is 4.69. The first-order valence-electron chi connectivity index (χ1n) is 6.40. The van der Waals surface area contributed by atoms with Gasteiger partial charge in [-0.2, -0.15) is 5.26 Å². The lowest BCUT2D eigenvalue weighted by molar-refractivity contribution is 0.0923. The molecule has 100 valence electrons. The Morgan fingerprint density at radius 3 is 2.68 bits per heavy atom. The molecular formula is C13H15ClN4O. The van der Waals surface area contributed by atoms with Gasteiger partial charge >= 0.3 is 0 Å². The van der Waals surface area contributed by atoms with Crippen LogP contribution in [0, 0.1) is 17.2 Å². The van der Waals surface area contributed by atoms with E-state index in [-0.39, 0.29) is 22.7 Å². The van der Waals surface area contributed by atoms with Gasteiger partial charge in [0.15, 0.2) is 10.8 Å². The first-order chi connectivity index (χ1) is 9.20. The molecule has 1 aliphatic carbocycles. The molecule has 1 aromatic heterocycles. The second-order valence-corrected chi connectivity index (χ2v) is 5.11. The van der Waals surface area contributed by atoms with Crippen molar-refractivity contribution in [3.05, 3.63) is 23.0 Å². The van der Waals surface area contributed by atoms with Crippen LogP contribution < -0.4 is 5.32 Å². The number of carbonyl (C=O) groups is 1. The van der Waals surface area contributed by atoms with E-state index in [1.807, 2.05) is 0 Å². The number of hydrogen-bond acceptors (Lipinski definition) is 4. The second-order valence-electron chi connectivity index (χ2n) is 4.72. The standard InChI is InChI=1S/C13H15ClN4O/c14-12-7-6-10(17-18-12)13(19)16-11(8-15)9-4-2-1-3-5-9/h6-7,9,11H,1-5H2,(H,16,19). The highest BCUT2D eigenvalue weighted by Crippen LogP contribution is 2.26. The highest BCUT2D eigenvalue weighted by Gasteiger charge is 2.25. The zero-order valence-corrected chi connectivity index (χ0v) is 11.2. The number of hydrogen-bond donors (Lipinski definition) is 1. The smallest absolute Gasteiger partial charge is 0.272 e. The third-order valence-electron chi connectivity index (χ3n) is 3.41. The molecule has 1 aromatic rings. The van der Waals surface area contributed by atoms with Crippen molar-refractivity contribution in [2.75, 3.05) is 0 Å². The second kappa shape index (κ2) is 6.48. The number of nitriles is 1. The van der Waals surface area contributed by atoms with Crippen LogP contribution in [-0.4, -0.2) is 22.1 Å². The maximum atomic E-state index is 12.0. The fraction of sp³-hybridized carbons (Fsp3) is 0.538. The van der Waals surface area contributed by atoms with Crippen LogP contribution >= 0.6 is 11.6 Å². The Morgan fingerprint density at radius 2 is 2.11 bits per heavy atom. The number of aromatic nitrogens is 2. The van der Waals surface area contributed by atoms with Crippen LogP contribution in [0.3, 0.4) is 0 Å². The van der Waals surface area contributed by atoms with Crippen molar-refractivity contribution < 1.29 is 4.79 Å². The van der Waals surface area contributed by atoms with Crippen molar-refractivity contribution in [2.45, 2.75) is 38.1 Å². The van der Waals surface area contributed by atoms with E-state index in [0.29, 0.717) is 0 Å². The third-order valence-corrected chi connectivity index (χ3v) is 3.61. The van der Waals surface area contributed by atoms with Gasteiger partial charge in [0.2, 0.25) is 0 Å². The molecule has 1 saturated carbocycles. The minimum absolute atomic E-state index is 0.181. The van der Waals surface area contributed by atoms with Gasteiger partial charge in [-0.25, -0.2) is 0 Å². The monoisotopic (exact) mass is 278 g/mol. The molecule has 1 fully saturated rings. The summed E-state index contributed by atoms with van der Waals surface area (Å²) in [5.41, 5.74) is 0.181. The lowest BCUT2D eigenvalue weighted by Gasteiger charge is -2.26. The lowest BCUT2D eigenvalue weighted by atomic mass is 9.84. The van der Waals surface area contributed by atoms with Crippen LogP contribution in [0.5, 0.6) is 0 Å². The minimum Gasteiger partial charge on any atom is -0.335 e. The van der Waals surface area contributed by atoms with Gasteiger partial charge in [-0.3, -0.25) is 4.79 Å². The predicted molar refractivity (Wildman–Crippen MR) is 70.5 cm³/mol. The quantitative estimate of drug-likeness (QED) is 0.920. The van der Waals surface area contributed by atoms with Crippen LogP contribution in [0.15, 0.2) is 12.1 Å². The first-order valence-corrected chi connectivity index (χ1v) is 6.78. The van der Waals surface area contributed by atoms with E-state index in [4.69, 9.17) is 11.6 Å². The fourth-order valence-electron chi connectivity index (χ4n) is 2.38. The zero-order chi connectivity index (χ0) is 13.7. The average Bonchev–Trinajstić information content (AvgIpc) is 2.46. The van der Waals surface area contributed by atoms with Crippen molar-refractivity contribution in [3.8, 4) is 6.07 Å². The van der Waals surface area contributed by atoms with Crippen molar-refractivity contribution in [3.63, 3.8) is 0 Å². The average molecular weight is 279 g/mol. The summed E-state index contributed by atoms with van der Waals surface area (Å²) in [6.07, 6.45) is 5.44. The van der Waals surface area contributed by atoms with Crippen LogP contribution in [0.2, 0.25) is 5.15 Å². The molecule has 1 atom stereocenters. The number of nitrogens with one attached hydrogen (secondary N) is 1. The molecule has 1 unspecified atom stereocenters. The molecule has 0 spiro atoms. The fourth-order valence-corrected chi connectivity index (χ4v) is 2.48. The SMILES string of the molecule is N#CC(NC(=O)c1ccc(Cl)nn1)C1CCCCC1. The maximum absolute atomic E-state index is 12.0. The van der Waals surface area contributed by atoms with Gasteiger partial charge in [-0.15, -0.1) is 10.2 Å². The predicted octanol–water partition coefficient (Wildman–Crippen LogP) is 2.33. The van der Waals surface area contributed by atoms with E-state index in [1.54, 1.807) is 0 Å². The molecule has 1 N–H and O–H groups in total. The van der Waals surface area contributed by atoms with Crippen LogP contribution in [-0.2, 0) is 0 Å². The zero-order valence-electron chi connectivity index (χ0n) is 10.5. The van der Waals surface area contributed by atoms with Gasteiger partial charge < -0.3 is 5.32 Å². The molecule has 6 heteroatoms. The largest absolute Gasteiger partial charge is 0.335 e. The van der Waals surface area contributed by atoms with Gasteiger partial charge in [-0.1, -0.05) is 30.9 Å². The highest BCUT2D eigenvalue weighted by atomic mass is 35.5. The molecule has 2 rings (SSSR count). The third kappa shape index (κ3) is 3.65. The maximum Gasteiger partial charge on any atom is 0.272 e. The van der Waals surface area contributed by atoms with Gasteiger partial charge in [0.25, 0.3) is 5.91 Å². The summed E-state index contributed by atoms with van der Waals surface area (Å²) in [6.45, 7) is 0. The molecule has 5 nitrogen and oxygen atoms in total. The Bertz CT molecular complexity index is 476. The number of halogens is 1. The number of rotatable bonds is 3. The van der Waals surface area contributed by atoms with E-state index in [0.717, 1.165) is 25.7 Å². The van der Waals surface area contributed by atoms with E-state index >= 15 is 0 Å². The number of amides is 1. The Morgan fingerprint density at radius 1 is 1.37 bits per heavy atom. The number of nitrogens with zero attached hydrogens (tertiary/aromatic N) is 3. The summed E-state index contributed by atoms with van der Waals surface area (Å²) in [4.78, 5) is 12.0. The molecule has 0 bridgehead atoms. The topological polar surface area (TPSA) is 78.7 Å². The normalized spacial score (nSPS) is 17.5. The van der Waals surface area contributed by atoms with E-state index in [2.05, 4.69) is 21.6 Å². The summed E-state index contributed by atoms with van der Waals surface area (Å²) in [6, 6.07) is 4.73. The van der Waals surface area contributed by atoms with E-state index in [1.165, 1.54) is 18.6 Å². The van der Waals surface area contributed by atoms with Gasteiger partial charge in [0.05, 0.1) is 6.07 Å². The van der Waals surface area contributed by atoms with E-state index < -0.39 is 6.04 Å². The molecule has 19 heavy (non-hydrogen) atoms. The Hall–Kier alpha value is -1.67. The summed E-state index contributed by atoms with van der Waals surface area (Å²) in [5, 5.41) is 19.5. The van der Waals surface area contributed by atoms with Crippen molar-refractivity contribution in [1.82, 2.24) is 15.5 Å². The molecule has 0 saturated heterocycles. The van der Waals surface area contributed by atoms with Crippen molar-refractivity contribution >= 4 is 17.5 Å².